The molecule has 0 bridgehead atoms. The molecule has 0 aliphatic carbocycles. The molecule has 0 unspecified atom stereocenters. The Labute approximate surface area is 96.2 Å². The minimum atomic E-state index is -2.94. The number of carbonyl (C=O) groups is 1. The predicted octanol–water partition coefficient (Wildman–Crippen LogP) is 1.41. The van der Waals surface area contributed by atoms with Crippen molar-refractivity contribution < 1.29 is 23.4 Å². The van der Waals surface area contributed by atoms with Crippen LogP contribution in [0.1, 0.15) is 24.5 Å². The second-order valence-corrected chi connectivity index (χ2v) is 3.21. The van der Waals surface area contributed by atoms with Crippen LogP contribution in [-0.2, 0) is 16.0 Å². The number of nitrogens with two attached hydrogens (primary N) is 1. The van der Waals surface area contributed by atoms with Crippen molar-refractivity contribution >= 4 is 11.8 Å². The number of aromatic hydroxyl groups is 1. The summed E-state index contributed by atoms with van der Waals surface area (Å²) in [6, 6.07) is 0. The van der Waals surface area contributed by atoms with Gasteiger partial charge in [0.15, 0.2) is 11.6 Å². The number of nitrogen functional groups attached to an aromatic ring is 1. The monoisotopic (exact) mass is 246 g/mol. The fraction of sp³-hybridized carbons (Fsp3) is 0.400. The summed E-state index contributed by atoms with van der Waals surface area (Å²) >= 11 is 0. The lowest BCUT2D eigenvalue weighted by Gasteiger charge is -2.11. The van der Waals surface area contributed by atoms with E-state index in [-0.39, 0.29) is 18.6 Å². The van der Waals surface area contributed by atoms with Crippen LogP contribution in [0.5, 0.6) is 5.75 Å². The van der Waals surface area contributed by atoms with Gasteiger partial charge in [0.05, 0.1) is 18.6 Å². The van der Waals surface area contributed by atoms with E-state index in [4.69, 9.17) is 5.73 Å². The third kappa shape index (κ3) is 3.02. The zero-order valence-corrected chi connectivity index (χ0v) is 9.11. The molecular formula is C10H12F2N2O3. The zero-order valence-electron chi connectivity index (χ0n) is 9.11. The van der Waals surface area contributed by atoms with Crippen LogP contribution >= 0.6 is 0 Å². The van der Waals surface area contributed by atoms with Gasteiger partial charge in [-0.25, -0.2) is 13.8 Å². The molecule has 0 spiro atoms. The van der Waals surface area contributed by atoms with Gasteiger partial charge < -0.3 is 15.6 Å². The van der Waals surface area contributed by atoms with E-state index in [1.54, 1.807) is 6.92 Å². The van der Waals surface area contributed by atoms with E-state index in [1.807, 2.05) is 0 Å². The Morgan fingerprint density at radius 1 is 1.65 bits per heavy atom. The summed E-state index contributed by atoms with van der Waals surface area (Å²) in [6.45, 7) is 1.75. The molecule has 1 rings (SSSR count). The number of pyridine rings is 1. The molecule has 0 amide bonds. The number of alkyl halides is 2. The number of nitrogens with zero attached hydrogens (tertiary/aromatic N) is 1. The average Bonchev–Trinajstić information content (AvgIpc) is 2.23. The van der Waals surface area contributed by atoms with Gasteiger partial charge in [0.2, 0.25) is 0 Å². The summed E-state index contributed by atoms with van der Waals surface area (Å²) < 4.78 is 30.0. The van der Waals surface area contributed by atoms with Crippen LogP contribution in [0.15, 0.2) is 6.20 Å². The van der Waals surface area contributed by atoms with Crippen molar-refractivity contribution in [3.05, 3.63) is 17.3 Å². The van der Waals surface area contributed by atoms with E-state index in [2.05, 4.69) is 9.72 Å². The van der Waals surface area contributed by atoms with Crippen molar-refractivity contribution in [1.29, 1.82) is 0 Å². The van der Waals surface area contributed by atoms with Crippen LogP contribution in [-0.4, -0.2) is 22.7 Å². The van der Waals surface area contributed by atoms with Gasteiger partial charge in [0.1, 0.15) is 0 Å². The Bertz CT molecular complexity index is 424. The maximum atomic E-state index is 12.7. The predicted molar refractivity (Wildman–Crippen MR) is 55.6 cm³/mol. The first-order valence-corrected chi connectivity index (χ1v) is 4.87. The lowest BCUT2D eigenvalue weighted by molar-refractivity contribution is -0.142. The van der Waals surface area contributed by atoms with Crippen LogP contribution in [0.2, 0.25) is 0 Å². The van der Waals surface area contributed by atoms with Gasteiger partial charge in [-0.3, -0.25) is 4.79 Å². The highest BCUT2D eigenvalue weighted by atomic mass is 19.3. The molecule has 0 aliphatic rings. The van der Waals surface area contributed by atoms with E-state index in [9.17, 15) is 18.7 Å². The highest BCUT2D eigenvalue weighted by Gasteiger charge is 2.22. The van der Waals surface area contributed by atoms with Gasteiger partial charge in [-0.1, -0.05) is 0 Å². The molecule has 0 fully saturated rings. The number of aromatic nitrogens is 1. The van der Waals surface area contributed by atoms with Gasteiger partial charge in [-0.2, -0.15) is 0 Å². The lowest BCUT2D eigenvalue weighted by atomic mass is 10.1. The topological polar surface area (TPSA) is 85.4 Å². The van der Waals surface area contributed by atoms with E-state index in [1.165, 1.54) is 0 Å². The third-order valence-electron chi connectivity index (χ3n) is 2.06. The molecule has 0 aromatic carbocycles. The lowest BCUT2D eigenvalue weighted by Crippen LogP contribution is -2.11. The Morgan fingerprint density at radius 3 is 2.82 bits per heavy atom. The molecular weight excluding hydrogens is 234 g/mol. The molecule has 3 N–H and O–H groups in total. The number of esters is 1. The molecule has 0 radical (unpaired) electrons. The quantitative estimate of drug-likeness (QED) is 0.784. The van der Waals surface area contributed by atoms with E-state index in [0.717, 1.165) is 6.20 Å². The van der Waals surface area contributed by atoms with Crippen molar-refractivity contribution in [1.82, 2.24) is 4.98 Å². The number of hydrogen-bond acceptors (Lipinski definition) is 5. The SMILES string of the molecule is CCOC(=O)Cc1cnc(N)c(O)c1C(F)F. The fourth-order valence-electron chi connectivity index (χ4n) is 1.32. The number of carbonyl (C=O) groups excluding carboxylic acids is 1. The number of anilines is 1. The molecule has 1 aromatic heterocycles. The molecule has 0 aliphatic heterocycles. The van der Waals surface area contributed by atoms with Crippen molar-refractivity contribution in [2.24, 2.45) is 0 Å². The maximum absolute atomic E-state index is 12.7. The summed E-state index contributed by atoms with van der Waals surface area (Å²) in [4.78, 5) is 14.7. The van der Waals surface area contributed by atoms with Crippen LogP contribution < -0.4 is 5.73 Å². The normalized spacial score (nSPS) is 10.6. The summed E-state index contributed by atoms with van der Waals surface area (Å²) in [5.74, 6) is -1.85. The second-order valence-electron chi connectivity index (χ2n) is 3.21. The first-order chi connectivity index (χ1) is 7.97. The number of halogens is 2. The van der Waals surface area contributed by atoms with Gasteiger partial charge in [-0.15, -0.1) is 0 Å². The summed E-state index contributed by atoms with van der Waals surface area (Å²) in [5, 5.41) is 9.37. The minimum absolute atomic E-state index is 0.0925. The molecule has 5 nitrogen and oxygen atoms in total. The summed E-state index contributed by atoms with van der Waals surface area (Å²) in [7, 11) is 0. The number of ether oxygens (including phenoxy) is 1. The number of hydrogen-bond donors (Lipinski definition) is 2. The fourth-order valence-corrected chi connectivity index (χ4v) is 1.32. The summed E-state index contributed by atoms with van der Waals surface area (Å²) in [6.07, 6.45) is -2.29. The number of rotatable bonds is 4. The van der Waals surface area contributed by atoms with Gasteiger partial charge >= 0.3 is 5.97 Å². The van der Waals surface area contributed by atoms with E-state index < -0.39 is 29.5 Å². The first kappa shape index (κ1) is 13.1. The highest BCUT2D eigenvalue weighted by Crippen LogP contribution is 2.34. The van der Waals surface area contributed by atoms with Crippen molar-refractivity contribution in [3.8, 4) is 5.75 Å². The molecule has 7 heteroatoms. The van der Waals surface area contributed by atoms with E-state index >= 15 is 0 Å². The van der Waals surface area contributed by atoms with Crippen LogP contribution in [0.3, 0.4) is 0 Å². The third-order valence-corrected chi connectivity index (χ3v) is 2.06. The van der Waals surface area contributed by atoms with Crippen molar-refractivity contribution in [3.63, 3.8) is 0 Å². The summed E-state index contributed by atoms with van der Waals surface area (Å²) in [5.41, 5.74) is 4.44. The second kappa shape index (κ2) is 5.42. The standard InChI is InChI=1S/C10H12F2N2O3/c1-2-17-6(15)3-5-4-14-10(13)8(16)7(5)9(11)12/h4,9,16H,2-3H2,1H3,(H2,13,14). The zero-order chi connectivity index (χ0) is 13.0. The van der Waals surface area contributed by atoms with Crippen molar-refractivity contribution in [2.45, 2.75) is 19.8 Å². The Balaban J connectivity index is 3.07. The molecule has 1 aromatic rings. The van der Waals surface area contributed by atoms with Gasteiger partial charge in [-0.05, 0) is 12.5 Å². The smallest absolute Gasteiger partial charge is 0.310 e. The van der Waals surface area contributed by atoms with Gasteiger partial charge in [0.25, 0.3) is 6.43 Å². The molecule has 0 saturated heterocycles. The minimum Gasteiger partial charge on any atom is -0.504 e. The molecule has 0 atom stereocenters. The Hall–Kier alpha value is -1.92. The molecule has 94 valence electrons. The van der Waals surface area contributed by atoms with Crippen LogP contribution in [0, 0.1) is 0 Å². The van der Waals surface area contributed by atoms with Crippen LogP contribution in [0.4, 0.5) is 14.6 Å². The molecule has 0 saturated carbocycles. The van der Waals surface area contributed by atoms with E-state index in [0.29, 0.717) is 0 Å². The highest BCUT2D eigenvalue weighted by molar-refractivity contribution is 5.74. The maximum Gasteiger partial charge on any atom is 0.310 e. The average molecular weight is 246 g/mol. The van der Waals surface area contributed by atoms with Gasteiger partial charge in [0, 0.05) is 6.20 Å². The Morgan fingerprint density at radius 2 is 2.29 bits per heavy atom. The first-order valence-electron chi connectivity index (χ1n) is 4.87. The molecule has 1 heterocycles. The van der Waals surface area contributed by atoms with Crippen LogP contribution in [0.25, 0.3) is 0 Å². The largest absolute Gasteiger partial charge is 0.504 e. The van der Waals surface area contributed by atoms with Crippen molar-refractivity contribution in [2.75, 3.05) is 12.3 Å². The molecule has 17 heavy (non-hydrogen) atoms. The Kier molecular flexibility index (Phi) is 4.19.